The highest BCUT2D eigenvalue weighted by atomic mass is 16.5. The SMILES string of the molecule is Cc1cc2c(nc1N1CCC(Oc3ccc4c(c3)CNC4)CC1)CNC2=O. The molecule has 0 bridgehead atoms. The molecule has 6 heteroatoms. The molecular weight excluding hydrogens is 340 g/mol. The first-order valence-corrected chi connectivity index (χ1v) is 9.70. The molecule has 2 aromatic rings. The smallest absolute Gasteiger partial charge is 0.253 e. The molecule has 6 nitrogen and oxygen atoms in total. The van der Waals surface area contributed by atoms with Crippen molar-refractivity contribution in [1.82, 2.24) is 15.6 Å². The molecule has 140 valence electrons. The van der Waals surface area contributed by atoms with Crippen molar-refractivity contribution in [2.45, 2.75) is 45.5 Å². The molecule has 1 amide bonds. The maximum Gasteiger partial charge on any atom is 0.253 e. The van der Waals surface area contributed by atoms with Crippen molar-refractivity contribution in [3.8, 4) is 5.75 Å². The average Bonchev–Trinajstić information content (AvgIpc) is 3.28. The molecule has 1 aromatic heterocycles. The van der Waals surface area contributed by atoms with Gasteiger partial charge in [-0.3, -0.25) is 4.79 Å². The number of carbonyl (C=O) groups excluding carboxylic acids is 1. The fourth-order valence-electron chi connectivity index (χ4n) is 4.27. The summed E-state index contributed by atoms with van der Waals surface area (Å²) in [6.45, 7) is 6.31. The largest absolute Gasteiger partial charge is 0.490 e. The molecule has 1 fully saturated rings. The van der Waals surface area contributed by atoms with Crippen LogP contribution in [0.1, 0.15) is 45.6 Å². The summed E-state index contributed by atoms with van der Waals surface area (Å²) in [5, 5.41) is 6.22. The Labute approximate surface area is 158 Å². The van der Waals surface area contributed by atoms with E-state index in [0.717, 1.165) is 67.4 Å². The number of amides is 1. The molecule has 5 rings (SSSR count). The molecule has 0 aliphatic carbocycles. The molecule has 0 saturated carbocycles. The average molecular weight is 364 g/mol. The number of carbonyl (C=O) groups is 1. The topological polar surface area (TPSA) is 66.5 Å². The Hall–Kier alpha value is -2.60. The Kier molecular flexibility index (Phi) is 4.01. The summed E-state index contributed by atoms with van der Waals surface area (Å²) in [5.74, 6) is 1.98. The predicted molar refractivity (Wildman–Crippen MR) is 103 cm³/mol. The second-order valence-electron chi connectivity index (χ2n) is 7.64. The van der Waals surface area contributed by atoms with Crippen LogP contribution in [-0.2, 0) is 19.6 Å². The number of nitrogens with one attached hydrogen (secondary N) is 2. The molecule has 1 saturated heterocycles. The highest BCUT2D eigenvalue weighted by Gasteiger charge is 2.26. The lowest BCUT2D eigenvalue weighted by molar-refractivity contribution is 0.0965. The number of benzene rings is 1. The number of pyridine rings is 1. The minimum absolute atomic E-state index is 0.0104. The van der Waals surface area contributed by atoms with E-state index >= 15 is 0 Å². The normalized spacial score (nSPS) is 19.0. The number of nitrogens with zero attached hydrogens (tertiary/aromatic N) is 2. The zero-order chi connectivity index (χ0) is 18.4. The van der Waals surface area contributed by atoms with E-state index in [9.17, 15) is 4.79 Å². The maximum absolute atomic E-state index is 11.8. The molecule has 4 heterocycles. The Morgan fingerprint density at radius 3 is 2.78 bits per heavy atom. The molecule has 0 unspecified atom stereocenters. The first-order chi connectivity index (χ1) is 13.2. The Morgan fingerprint density at radius 2 is 1.93 bits per heavy atom. The van der Waals surface area contributed by atoms with Gasteiger partial charge in [0.25, 0.3) is 5.91 Å². The summed E-state index contributed by atoms with van der Waals surface area (Å²) in [5.41, 5.74) is 5.39. The van der Waals surface area contributed by atoms with Gasteiger partial charge >= 0.3 is 0 Å². The monoisotopic (exact) mass is 364 g/mol. The third-order valence-corrected chi connectivity index (χ3v) is 5.78. The Morgan fingerprint density at radius 1 is 1.11 bits per heavy atom. The van der Waals surface area contributed by atoms with Crippen molar-refractivity contribution in [1.29, 1.82) is 0 Å². The first-order valence-electron chi connectivity index (χ1n) is 9.70. The molecule has 3 aliphatic heterocycles. The summed E-state index contributed by atoms with van der Waals surface area (Å²) in [6.07, 6.45) is 2.20. The van der Waals surface area contributed by atoms with Crippen LogP contribution in [0.25, 0.3) is 0 Å². The number of rotatable bonds is 3. The minimum atomic E-state index is -0.0104. The second-order valence-corrected chi connectivity index (χ2v) is 7.64. The van der Waals surface area contributed by atoms with Gasteiger partial charge in [-0.15, -0.1) is 0 Å². The number of anilines is 1. The number of aryl methyl sites for hydroxylation is 1. The third kappa shape index (κ3) is 3.04. The summed E-state index contributed by atoms with van der Waals surface area (Å²) >= 11 is 0. The van der Waals surface area contributed by atoms with E-state index in [4.69, 9.17) is 9.72 Å². The Bertz CT molecular complexity index is 903. The van der Waals surface area contributed by atoms with E-state index in [-0.39, 0.29) is 12.0 Å². The van der Waals surface area contributed by atoms with Gasteiger partial charge in [0.1, 0.15) is 17.7 Å². The number of piperidine rings is 1. The van der Waals surface area contributed by atoms with Crippen molar-refractivity contribution >= 4 is 11.7 Å². The van der Waals surface area contributed by atoms with E-state index in [1.807, 2.05) is 13.0 Å². The van der Waals surface area contributed by atoms with Crippen LogP contribution in [0.2, 0.25) is 0 Å². The van der Waals surface area contributed by atoms with Crippen LogP contribution < -0.4 is 20.3 Å². The second kappa shape index (κ2) is 6.53. The number of aromatic nitrogens is 1. The van der Waals surface area contributed by atoms with E-state index < -0.39 is 0 Å². The van der Waals surface area contributed by atoms with Crippen LogP contribution in [0.5, 0.6) is 5.75 Å². The molecule has 1 aromatic carbocycles. The molecular formula is C21H24N4O2. The van der Waals surface area contributed by atoms with Gasteiger partial charge in [-0.1, -0.05) is 6.07 Å². The van der Waals surface area contributed by atoms with Gasteiger partial charge in [-0.25, -0.2) is 4.98 Å². The summed E-state index contributed by atoms with van der Waals surface area (Å²) in [7, 11) is 0. The number of ether oxygens (including phenoxy) is 1. The molecule has 0 atom stereocenters. The van der Waals surface area contributed by atoms with E-state index in [2.05, 4.69) is 33.7 Å². The third-order valence-electron chi connectivity index (χ3n) is 5.78. The van der Waals surface area contributed by atoms with E-state index in [1.165, 1.54) is 11.1 Å². The standard InChI is InChI=1S/C21H24N4O2/c1-13-8-18-19(12-23-21(18)26)24-20(13)25-6-4-16(5-7-25)27-17-3-2-14-10-22-11-15(14)9-17/h2-3,8-9,16,22H,4-7,10-12H2,1H3,(H,23,26). The number of hydrogen-bond donors (Lipinski definition) is 2. The van der Waals surface area contributed by atoms with Crippen molar-refractivity contribution in [2.24, 2.45) is 0 Å². The van der Waals surface area contributed by atoms with Crippen molar-refractivity contribution in [2.75, 3.05) is 18.0 Å². The Balaban J connectivity index is 1.25. The van der Waals surface area contributed by atoms with Crippen LogP contribution >= 0.6 is 0 Å². The lowest BCUT2D eigenvalue weighted by Gasteiger charge is -2.34. The fourth-order valence-corrected chi connectivity index (χ4v) is 4.27. The zero-order valence-corrected chi connectivity index (χ0v) is 15.5. The van der Waals surface area contributed by atoms with Crippen molar-refractivity contribution in [3.05, 3.63) is 52.2 Å². The molecule has 2 N–H and O–H groups in total. The van der Waals surface area contributed by atoms with E-state index in [1.54, 1.807) is 0 Å². The summed E-state index contributed by atoms with van der Waals surface area (Å²) in [6, 6.07) is 8.42. The lowest BCUT2D eigenvalue weighted by Crippen LogP contribution is -2.39. The number of fused-ring (bicyclic) bond motifs is 2. The highest BCUT2D eigenvalue weighted by molar-refractivity contribution is 5.98. The molecule has 0 radical (unpaired) electrons. The van der Waals surface area contributed by atoms with Gasteiger partial charge in [-0.05, 0) is 41.8 Å². The van der Waals surface area contributed by atoms with Crippen LogP contribution in [0.15, 0.2) is 24.3 Å². The van der Waals surface area contributed by atoms with Gasteiger partial charge < -0.3 is 20.3 Å². The lowest BCUT2D eigenvalue weighted by atomic mass is 10.1. The van der Waals surface area contributed by atoms with Gasteiger partial charge in [0.05, 0.1) is 17.8 Å². The van der Waals surface area contributed by atoms with Crippen molar-refractivity contribution in [3.63, 3.8) is 0 Å². The number of hydrogen-bond acceptors (Lipinski definition) is 5. The van der Waals surface area contributed by atoms with Gasteiger partial charge in [0.15, 0.2) is 0 Å². The van der Waals surface area contributed by atoms with Crippen LogP contribution in [0.4, 0.5) is 5.82 Å². The van der Waals surface area contributed by atoms with Crippen molar-refractivity contribution < 1.29 is 9.53 Å². The summed E-state index contributed by atoms with van der Waals surface area (Å²) in [4.78, 5) is 18.9. The van der Waals surface area contributed by atoms with Gasteiger partial charge in [-0.2, -0.15) is 0 Å². The maximum atomic E-state index is 11.8. The van der Waals surface area contributed by atoms with Gasteiger partial charge in [0, 0.05) is 39.0 Å². The van der Waals surface area contributed by atoms with Crippen LogP contribution in [0, 0.1) is 6.92 Å². The first kappa shape index (κ1) is 16.6. The zero-order valence-electron chi connectivity index (χ0n) is 15.5. The summed E-state index contributed by atoms with van der Waals surface area (Å²) < 4.78 is 6.25. The minimum Gasteiger partial charge on any atom is -0.490 e. The van der Waals surface area contributed by atoms with E-state index in [0.29, 0.717) is 6.54 Å². The molecule has 27 heavy (non-hydrogen) atoms. The van der Waals surface area contributed by atoms with Crippen LogP contribution in [0.3, 0.4) is 0 Å². The predicted octanol–water partition coefficient (Wildman–Crippen LogP) is 2.28. The fraction of sp³-hybridized carbons (Fsp3) is 0.429. The molecule has 0 spiro atoms. The molecule has 3 aliphatic rings. The van der Waals surface area contributed by atoms with Gasteiger partial charge in [0.2, 0.25) is 0 Å². The quantitative estimate of drug-likeness (QED) is 0.875. The highest BCUT2D eigenvalue weighted by Crippen LogP contribution is 2.28. The van der Waals surface area contributed by atoms with Crippen LogP contribution in [-0.4, -0.2) is 30.1 Å².